The maximum Gasteiger partial charge on any atom is 0.236 e. The number of para-hydroxylation sites is 1. The number of piperidine rings is 1. The van der Waals surface area contributed by atoms with Crippen LogP contribution >= 0.6 is 0 Å². The molecule has 6 heteroatoms. The summed E-state index contributed by atoms with van der Waals surface area (Å²) in [7, 11) is 3.46. The first-order valence-electron chi connectivity index (χ1n) is 9.91. The van der Waals surface area contributed by atoms with Gasteiger partial charge < -0.3 is 15.0 Å². The molecule has 0 bridgehead atoms. The van der Waals surface area contributed by atoms with Crippen molar-refractivity contribution in [1.29, 1.82) is 0 Å². The van der Waals surface area contributed by atoms with Crippen molar-refractivity contribution in [2.75, 3.05) is 40.3 Å². The third kappa shape index (κ3) is 6.54. The average molecular weight is 376 g/mol. The van der Waals surface area contributed by atoms with E-state index in [4.69, 9.17) is 4.74 Å². The van der Waals surface area contributed by atoms with Gasteiger partial charge in [-0.15, -0.1) is 0 Å². The molecule has 1 fully saturated rings. The summed E-state index contributed by atoms with van der Waals surface area (Å²) in [5.74, 6) is 1.14. The van der Waals surface area contributed by atoms with Gasteiger partial charge in [-0.05, 0) is 38.4 Å². The van der Waals surface area contributed by atoms with Gasteiger partial charge in [0.05, 0.1) is 13.7 Å². The number of likely N-dealkylation sites (tertiary alicyclic amines) is 1. The molecule has 1 aromatic rings. The number of rotatable bonds is 9. The van der Waals surface area contributed by atoms with Crippen molar-refractivity contribution in [3.8, 4) is 5.75 Å². The molecule has 0 spiro atoms. The smallest absolute Gasteiger partial charge is 0.236 e. The highest BCUT2D eigenvalue weighted by Crippen LogP contribution is 2.20. The molecule has 1 heterocycles. The summed E-state index contributed by atoms with van der Waals surface area (Å²) < 4.78 is 5.36. The quantitative estimate of drug-likeness (QED) is 0.673. The molecule has 0 radical (unpaired) electrons. The van der Waals surface area contributed by atoms with Gasteiger partial charge in [-0.2, -0.15) is 0 Å². The summed E-state index contributed by atoms with van der Waals surface area (Å²) in [4.78, 5) is 28.6. The van der Waals surface area contributed by atoms with Gasteiger partial charge in [0, 0.05) is 31.6 Å². The van der Waals surface area contributed by atoms with Gasteiger partial charge in [0.1, 0.15) is 5.75 Å². The Morgan fingerprint density at radius 2 is 1.96 bits per heavy atom. The Labute approximate surface area is 162 Å². The van der Waals surface area contributed by atoms with E-state index in [0.717, 1.165) is 56.6 Å². The number of carbonyl (C=O) groups is 2. The van der Waals surface area contributed by atoms with Crippen molar-refractivity contribution in [2.45, 2.75) is 39.2 Å². The van der Waals surface area contributed by atoms with E-state index in [-0.39, 0.29) is 17.7 Å². The molecule has 0 atom stereocenters. The first-order chi connectivity index (χ1) is 13.0. The number of carbonyl (C=O) groups excluding carboxylic acids is 2. The molecular formula is C21H33N3O3. The number of hydrogen-bond acceptors (Lipinski definition) is 4. The van der Waals surface area contributed by atoms with Crippen LogP contribution in [-0.4, -0.2) is 62.0 Å². The van der Waals surface area contributed by atoms with Crippen LogP contribution in [0.3, 0.4) is 0 Å². The number of ether oxygens (including phenoxy) is 1. The third-order valence-corrected chi connectivity index (χ3v) is 5.17. The van der Waals surface area contributed by atoms with Crippen molar-refractivity contribution in [1.82, 2.24) is 15.1 Å². The predicted octanol–water partition coefficient (Wildman–Crippen LogP) is 2.28. The fraction of sp³-hybridized carbons (Fsp3) is 0.619. The number of nitrogens with one attached hydrogen (secondary N) is 1. The van der Waals surface area contributed by atoms with Crippen LogP contribution in [0, 0.1) is 5.92 Å². The fourth-order valence-corrected chi connectivity index (χ4v) is 3.38. The zero-order valence-electron chi connectivity index (χ0n) is 16.9. The molecule has 27 heavy (non-hydrogen) atoms. The van der Waals surface area contributed by atoms with Crippen LogP contribution in [0.4, 0.5) is 0 Å². The molecule has 1 saturated heterocycles. The second-order valence-corrected chi connectivity index (χ2v) is 7.26. The van der Waals surface area contributed by atoms with Gasteiger partial charge in [-0.3, -0.25) is 14.5 Å². The van der Waals surface area contributed by atoms with Crippen LogP contribution < -0.4 is 10.1 Å². The Kier molecular flexibility index (Phi) is 8.58. The van der Waals surface area contributed by atoms with E-state index in [1.807, 2.05) is 31.3 Å². The maximum atomic E-state index is 12.6. The summed E-state index contributed by atoms with van der Waals surface area (Å²) in [6.45, 7) is 5.39. The standard InChI is InChI=1S/C21H33N3O3/c1-4-5-12-22-21(26)17-10-13-24(14-11-17)16-20(25)23(2)15-18-8-6-7-9-19(18)27-3/h6-9,17H,4-5,10-16H2,1-3H3,(H,22,26). The van der Waals surface area contributed by atoms with Gasteiger partial charge in [-0.1, -0.05) is 31.5 Å². The van der Waals surface area contributed by atoms with Crippen LogP contribution in [0.1, 0.15) is 38.2 Å². The molecule has 0 unspecified atom stereocenters. The van der Waals surface area contributed by atoms with E-state index in [1.54, 1.807) is 12.0 Å². The van der Waals surface area contributed by atoms with Gasteiger partial charge >= 0.3 is 0 Å². The number of hydrogen-bond donors (Lipinski definition) is 1. The SMILES string of the molecule is CCCCNC(=O)C1CCN(CC(=O)N(C)Cc2ccccc2OC)CC1. The summed E-state index contributed by atoms with van der Waals surface area (Å²) in [5, 5.41) is 3.02. The minimum atomic E-state index is 0.0829. The van der Waals surface area contributed by atoms with E-state index < -0.39 is 0 Å². The Balaban J connectivity index is 1.76. The molecular weight excluding hydrogens is 342 g/mol. The second-order valence-electron chi connectivity index (χ2n) is 7.26. The van der Waals surface area contributed by atoms with E-state index in [0.29, 0.717) is 13.1 Å². The zero-order valence-corrected chi connectivity index (χ0v) is 16.9. The van der Waals surface area contributed by atoms with Crippen molar-refractivity contribution in [3.63, 3.8) is 0 Å². The number of nitrogens with zero attached hydrogens (tertiary/aromatic N) is 2. The number of benzene rings is 1. The lowest BCUT2D eigenvalue weighted by atomic mass is 9.96. The average Bonchev–Trinajstić information content (AvgIpc) is 2.69. The number of amides is 2. The molecule has 1 aromatic carbocycles. The lowest BCUT2D eigenvalue weighted by Gasteiger charge is -2.32. The number of unbranched alkanes of at least 4 members (excludes halogenated alkanes) is 1. The predicted molar refractivity (Wildman–Crippen MR) is 107 cm³/mol. The molecule has 6 nitrogen and oxygen atoms in total. The summed E-state index contributed by atoms with van der Waals surface area (Å²) in [6.07, 6.45) is 3.75. The molecule has 1 aliphatic heterocycles. The second kappa shape index (κ2) is 10.9. The molecule has 150 valence electrons. The first kappa shape index (κ1) is 21.2. The van der Waals surface area contributed by atoms with Gasteiger partial charge in [0.15, 0.2) is 0 Å². The molecule has 2 amide bonds. The molecule has 0 aliphatic carbocycles. The molecule has 1 N–H and O–H groups in total. The highest BCUT2D eigenvalue weighted by molar-refractivity contribution is 5.79. The minimum absolute atomic E-state index is 0.0829. The van der Waals surface area contributed by atoms with E-state index in [9.17, 15) is 9.59 Å². The molecule has 2 rings (SSSR count). The van der Waals surface area contributed by atoms with Crippen molar-refractivity contribution in [2.24, 2.45) is 5.92 Å². The molecule has 0 aromatic heterocycles. The van der Waals surface area contributed by atoms with Gasteiger partial charge in [0.2, 0.25) is 11.8 Å². The molecule has 0 saturated carbocycles. The summed E-state index contributed by atoms with van der Waals surface area (Å²) >= 11 is 0. The Bertz CT molecular complexity index is 612. The topological polar surface area (TPSA) is 61.9 Å². The normalized spacial score (nSPS) is 15.4. The van der Waals surface area contributed by atoms with Crippen molar-refractivity contribution >= 4 is 11.8 Å². The van der Waals surface area contributed by atoms with Crippen LogP contribution in [0.2, 0.25) is 0 Å². The van der Waals surface area contributed by atoms with E-state index >= 15 is 0 Å². The van der Waals surface area contributed by atoms with E-state index in [2.05, 4.69) is 17.1 Å². The molecule has 1 aliphatic rings. The van der Waals surface area contributed by atoms with Gasteiger partial charge in [0.25, 0.3) is 0 Å². The minimum Gasteiger partial charge on any atom is -0.496 e. The Hall–Kier alpha value is -2.08. The van der Waals surface area contributed by atoms with Crippen LogP contribution in [0.15, 0.2) is 24.3 Å². The lowest BCUT2D eigenvalue weighted by Crippen LogP contribution is -2.44. The Morgan fingerprint density at radius 3 is 2.63 bits per heavy atom. The third-order valence-electron chi connectivity index (χ3n) is 5.17. The number of likely N-dealkylation sites (N-methyl/N-ethyl adjacent to an activating group) is 1. The maximum absolute atomic E-state index is 12.6. The Morgan fingerprint density at radius 1 is 1.26 bits per heavy atom. The lowest BCUT2D eigenvalue weighted by molar-refractivity contribution is -0.132. The van der Waals surface area contributed by atoms with Gasteiger partial charge in [-0.25, -0.2) is 0 Å². The zero-order chi connectivity index (χ0) is 19.6. The van der Waals surface area contributed by atoms with Crippen LogP contribution in [-0.2, 0) is 16.1 Å². The highest BCUT2D eigenvalue weighted by Gasteiger charge is 2.26. The van der Waals surface area contributed by atoms with Crippen LogP contribution in [0.5, 0.6) is 5.75 Å². The largest absolute Gasteiger partial charge is 0.496 e. The first-order valence-corrected chi connectivity index (χ1v) is 9.91. The fourth-order valence-electron chi connectivity index (χ4n) is 3.38. The van der Waals surface area contributed by atoms with Crippen LogP contribution in [0.25, 0.3) is 0 Å². The van der Waals surface area contributed by atoms with E-state index in [1.165, 1.54) is 0 Å². The highest BCUT2D eigenvalue weighted by atomic mass is 16.5. The van der Waals surface area contributed by atoms with Crippen molar-refractivity contribution in [3.05, 3.63) is 29.8 Å². The monoisotopic (exact) mass is 375 g/mol. The summed E-state index contributed by atoms with van der Waals surface area (Å²) in [5.41, 5.74) is 0.998. The summed E-state index contributed by atoms with van der Waals surface area (Å²) in [6, 6.07) is 7.76. The van der Waals surface area contributed by atoms with Crippen molar-refractivity contribution < 1.29 is 14.3 Å². The number of methoxy groups -OCH3 is 1.